The number of nitrogens with one attached hydrogen (secondary N) is 1. The first-order chi connectivity index (χ1) is 10.5. The molecule has 130 valence electrons. The molecule has 22 heavy (non-hydrogen) atoms. The number of methoxy groups -OCH3 is 1. The molecule has 0 radical (unpaired) electrons. The fraction of sp³-hybridized carbons (Fsp3) is 1.00. The Balaban J connectivity index is 1.82. The lowest BCUT2D eigenvalue weighted by Crippen LogP contribution is -2.46. The van der Waals surface area contributed by atoms with Crippen LogP contribution in [0.4, 0.5) is 0 Å². The summed E-state index contributed by atoms with van der Waals surface area (Å²) in [6.07, 6.45) is 2.24. The van der Waals surface area contributed by atoms with E-state index in [1.54, 1.807) is 7.11 Å². The van der Waals surface area contributed by atoms with Crippen molar-refractivity contribution >= 4 is 0 Å². The minimum Gasteiger partial charge on any atom is -0.390 e. The lowest BCUT2D eigenvalue weighted by molar-refractivity contribution is 0.00943. The summed E-state index contributed by atoms with van der Waals surface area (Å²) < 4.78 is 10.7. The topological polar surface area (TPSA) is 74.2 Å². The summed E-state index contributed by atoms with van der Waals surface area (Å²) in [6.45, 7) is 4.73. The first-order valence-electron chi connectivity index (χ1n) is 8.39. The minimum atomic E-state index is -0.634. The Morgan fingerprint density at radius 3 is 2.36 bits per heavy atom. The molecule has 0 aromatic rings. The van der Waals surface area contributed by atoms with Gasteiger partial charge in [0, 0.05) is 25.1 Å². The van der Waals surface area contributed by atoms with Crippen LogP contribution in [0.1, 0.15) is 25.7 Å². The highest BCUT2D eigenvalue weighted by Gasteiger charge is 2.44. The van der Waals surface area contributed by atoms with Crippen molar-refractivity contribution in [1.29, 1.82) is 0 Å². The van der Waals surface area contributed by atoms with E-state index in [1.807, 2.05) is 0 Å². The van der Waals surface area contributed by atoms with Gasteiger partial charge in [0.15, 0.2) is 0 Å². The summed E-state index contributed by atoms with van der Waals surface area (Å²) in [5.74, 6) is 0. The summed E-state index contributed by atoms with van der Waals surface area (Å²) in [6, 6.07) is 0.530. The number of aliphatic hydroxyl groups is 2. The predicted molar refractivity (Wildman–Crippen MR) is 84.9 cm³/mol. The molecule has 0 bridgehead atoms. The molecule has 1 aliphatic carbocycles. The zero-order chi connectivity index (χ0) is 16.0. The van der Waals surface area contributed by atoms with Crippen LogP contribution in [0.15, 0.2) is 0 Å². The maximum absolute atomic E-state index is 9.94. The monoisotopic (exact) mass is 316 g/mol. The Kier molecular flexibility index (Phi) is 7.05. The van der Waals surface area contributed by atoms with Gasteiger partial charge in [-0.3, -0.25) is 0 Å². The minimum absolute atomic E-state index is 0.171. The Labute approximate surface area is 133 Å². The summed E-state index contributed by atoms with van der Waals surface area (Å²) in [4.78, 5) is 2.35. The highest BCUT2D eigenvalue weighted by Crippen LogP contribution is 2.38. The summed E-state index contributed by atoms with van der Waals surface area (Å²) in [5.41, 5.74) is -0.171. The Hall–Kier alpha value is -0.240. The fourth-order valence-electron chi connectivity index (χ4n) is 3.56. The molecule has 3 N–H and O–H groups in total. The molecule has 3 atom stereocenters. The van der Waals surface area contributed by atoms with E-state index in [2.05, 4.69) is 17.3 Å². The summed E-state index contributed by atoms with van der Waals surface area (Å²) >= 11 is 0. The van der Waals surface area contributed by atoms with Gasteiger partial charge in [0.05, 0.1) is 32.0 Å². The molecule has 6 nitrogen and oxygen atoms in total. The number of rotatable bonds is 8. The van der Waals surface area contributed by atoms with E-state index >= 15 is 0 Å². The fourth-order valence-corrected chi connectivity index (χ4v) is 3.56. The van der Waals surface area contributed by atoms with Crippen LogP contribution in [-0.2, 0) is 9.47 Å². The van der Waals surface area contributed by atoms with Crippen LogP contribution in [0.5, 0.6) is 0 Å². The lowest BCUT2D eigenvalue weighted by atomic mass is 9.86. The molecule has 0 spiro atoms. The number of hydrogen-bond acceptors (Lipinski definition) is 6. The van der Waals surface area contributed by atoms with Crippen LogP contribution < -0.4 is 5.32 Å². The van der Waals surface area contributed by atoms with Gasteiger partial charge in [0.25, 0.3) is 0 Å². The quantitative estimate of drug-likeness (QED) is 0.540. The molecule has 0 aromatic carbocycles. The van der Waals surface area contributed by atoms with Crippen molar-refractivity contribution in [2.24, 2.45) is 5.41 Å². The van der Waals surface area contributed by atoms with Crippen LogP contribution in [0.25, 0.3) is 0 Å². The summed E-state index contributed by atoms with van der Waals surface area (Å²) in [5, 5.41) is 23.5. The number of likely N-dealkylation sites (tertiary alicyclic amines) is 1. The Bertz CT molecular complexity index is 311. The Morgan fingerprint density at radius 1 is 1.14 bits per heavy atom. The van der Waals surface area contributed by atoms with Crippen LogP contribution in [0.2, 0.25) is 0 Å². The molecule has 1 saturated heterocycles. The van der Waals surface area contributed by atoms with Crippen molar-refractivity contribution in [3.05, 3.63) is 0 Å². The van der Waals surface area contributed by atoms with Gasteiger partial charge >= 0.3 is 0 Å². The molecule has 0 aromatic heterocycles. The van der Waals surface area contributed by atoms with Crippen molar-refractivity contribution in [2.75, 3.05) is 53.6 Å². The smallest absolute Gasteiger partial charge is 0.0806 e. The molecule has 1 heterocycles. The first kappa shape index (κ1) is 18.1. The number of hydrogen-bond donors (Lipinski definition) is 3. The van der Waals surface area contributed by atoms with E-state index in [4.69, 9.17) is 9.47 Å². The molecule has 6 heteroatoms. The summed E-state index contributed by atoms with van der Waals surface area (Å²) in [7, 11) is 3.81. The van der Waals surface area contributed by atoms with Gasteiger partial charge in [-0.05, 0) is 45.8 Å². The zero-order valence-electron chi connectivity index (χ0n) is 14.0. The van der Waals surface area contributed by atoms with Gasteiger partial charge < -0.3 is 29.9 Å². The molecule has 1 aliphatic heterocycles. The third-order valence-electron chi connectivity index (χ3n) is 5.05. The van der Waals surface area contributed by atoms with Crippen molar-refractivity contribution in [1.82, 2.24) is 10.2 Å². The molecule has 1 saturated carbocycles. The van der Waals surface area contributed by atoms with Crippen molar-refractivity contribution < 1.29 is 19.7 Å². The molecule has 1 unspecified atom stereocenters. The average Bonchev–Trinajstić information content (AvgIpc) is 2.79. The maximum atomic E-state index is 9.94. The first-order valence-corrected chi connectivity index (χ1v) is 8.39. The molecule has 0 amide bonds. The molecule has 2 rings (SSSR count). The van der Waals surface area contributed by atoms with Gasteiger partial charge in [-0.1, -0.05) is 0 Å². The highest BCUT2D eigenvalue weighted by molar-refractivity contribution is 4.96. The average molecular weight is 316 g/mol. The van der Waals surface area contributed by atoms with Gasteiger partial charge in [-0.2, -0.15) is 0 Å². The van der Waals surface area contributed by atoms with Gasteiger partial charge in [-0.25, -0.2) is 0 Å². The van der Waals surface area contributed by atoms with Crippen LogP contribution in [-0.4, -0.2) is 87.0 Å². The van der Waals surface area contributed by atoms with Gasteiger partial charge in [0.1, 0.15) is 0 Å². The second-order valence-corrected chi connectivity index (χ2v) is 7.05. The second kappa shape index (κ2) is 8.57. The molecular formula is C16H32N2O4. The van der Waals surface area contributed by atoms with Crippen LogP contribution >= 0.6 is 0 Å². The van der Waals surface area contributed by atoms with Crippen LogP contribution in [0, 0.1) is 5.41 Å². The van der Waals surface area contributed by atoms with Crippen molar-refractivity contribution in [3.8, 4) is 0 Å². The molecular weight excluding hydrogens is 284 g/mol. The van der Waals surface area contributed by atoms with E-state index in [0.717, 1.165) is 32.5 Å². The van der Waals surface area contributed by atoms with Gasteiger partial charge in [-0.15, -0.1) is 0 Å². The van der Waals surface area contributed by atoms with E-state index < -0.39 is 12.2 Å². The number of aliphatic hydroxyl groups excluding tert-OH is 2. The third-order valence-corrected chi connectivity index (χ3v) is 5.05. The highest BCUT2D eigenvalue weighted by atomic mass is 16.5. The number of ether oxygens (including phenoxy) is 2. The maximum Gasteiger partial charge on any atom is 0.0806 e. The number of nitrogens with zero attached hydrogens (tertiary/aromatic N) is 1. The van der Waals surface area contributed by atoms with Crippen LogP contribution in [0.3, 0.4) is 0 Å². The van der Waals surface area contributed by atoms with Crippen molar-refractivity contribution in [2.45, 2.75) is 43.9 Å². The standard InChI is InChI=1S/C16H32N2O4/c1-18-5-3-13(4-6-18)17-11-16(12-22-8-7-21-2)9-14(19)15(20)10-16/h13-15,17,19-20H,3-12H2,1-2H3/t14-,15+,16?. The Morgan fingerprint density at radius 2 is 1.77 bits per heavy atom. The van der Waals surface area contributed by atoms with Crippen molar-refractivity contribution in [3.63, 3.8) is 0 Å². The number of piperidine rings is 1. The zero-order valence-corrected chi connectivity index (χ0v) is 14.0. The predicted octanol–water partition coefficient (Wildman–Crippen LogP) is -0.165. The van der Waals surface area contributed by atoms with E-state index in [1.165, 1.54) is 0 Å². The SMILES string of the molecule is COCCOCC1(CNC2CCN(C)CC2)C[C@@H](O)[C@@H](O)C1. The second-order valence-electron chi connectivity index (χ2n) is 7.05. The van der Waals surface area contributed by atoms with E-state index in [-0.39, 0.29) is 5.41 Å². The van der Waals surface area contributed by atoms with E-state index in [0.29, 0.717) is 38.7 Å². The molecule has 2 fully saturated rings. The normalized spacial score (nSPS) is 34.4. The lowest BCUT2D eigenvalue weighted by Gasteiger charge is -2.34. The third kappa shape index (κ3) is 5.15. The molecule has 2 aliphatic rings. The van der Waals surface area contributed by atoms with Gasteiger partial charge in [0.2, 0.25) is 0 Å². The van der Waals surface area contributed by atoms with E-state index in [9.17, 15) is 10.2 Å². The largest absolute Gasteiger partial charge is 0.390 e.